The molecule has 0 spiro atoms. The monoisotopic (exact) mass is 233 g/mol. The molecule has 1 aliphatic rings. The highest BCUT2D eigenvalue weighted by Gasteiger charge is 2.36. The average molecular weight is 234 g/mol. The molecule has 16 heavy (non-hydrogen) atoms. The van der Waals surface area contributed by atoms with E-state index in [4.69, 9.17) is 18.0 Å². The average Bonchev–Trinajstić information content (AvgIpc) is 2.51. The molecule has 0 atom stereocenters. The number of amides is 1. The molecule has 1 aliphatic heterocycles. The Kier molecular flexibility index (Phi) is 2.67. The summed E-state index contributed by atoms with van der Waals surface area (Å²) < 4.78 is 0. The van der Waals surface area contributed by atoms with Crippen LogP contribution in [0.5, 0.6) is 0 Å². The first-order chi connectivity index (χ1) is 7.66. The lowest BCUT2D eigenvalue weighted by Gasteiger charge is -2.14. The van der Waals surface area contributed by atoms with Gasteiger partial charge in [-0.3, -0.25) is 9.59 Å². The minimum atomic E-state index is -0.558. The van der Waals surface area contributed by atoms with Gasteiger partial charge in [0, 0.05) is 13.0 Å². The molecule has 2 rings (SSSR count). The van der Waals surface area contributed by atoms with E-state index in [-0.39, 0.29) is 5.56 Å². The first-order valence-corrected chi connectivity index (χ1v) is 5.12. The molecule has 1 amide bonds. The number of Topliss-reactive ketones (excluding diaryl/α,β-unsaturated/α-hetero) is 1. The number of hydrogen-bond acceptors (Lipinski definition) is 2. The Hall–Kier alpha value is -1.79. The Morgan fingerprint density at radius 3 is 2.81 bits per heavy atom. The van der Waals surface area contributed by atoms with E-state index < -0.39 is 11.7 Å². The zero-order chi connectivity index (χ0) is 11.7. The molecule has 1 heterocycles. The van der Waals surface area contributed by atoms with Gasteiger partial charge in [0.2, 0.25) is 0 Å². The van der Waals surface area contributed by atoms with Crippen LogP contribution in [0.3, 0.4) is 0 Å². The van der Waals surface area contributed by atoms with E-state index in [1.165, 1.54) is 4.90 Å². The third kappa shape index (κ3) is 1.48. The number of anilines is 1. The van der Waals surface area contributed by atoms with Crippen LogP contribution >= 0.6 is 11.6 Å². The molecule has 0 aliphatic carbocycles. The smallest absolute Gasteiger partial charge is 0.299 e. The molecule has 80 valence electrons. The van der Waals surface area contributed by atoms with Gasteiger partial charge in [-0.25, -0.2) is 0 Å². The van der Waals surface area contributed by atoms with E-state index in [1.807, 2.05) is 0 Å². The van der Waals surface area contributed by atoms with E-state index in [2.05, 4.69) is 5.92 Å². The van der Waals surface area contributed by atoms with Crippen LogP contribution in [-0.2, 0) is 4.79 Å². The molecule has 0 saturated heterocycles. The van der Waals surface area contributed by atoms with Crippen LogP contribution in [0.15, 0.2) is 18.2 Å². The maximum absolute atomic E-state index is 11.7. The number of carbonyl (C=O) groups excluding carboxylic acids is 2. The number of fused-ring (bicyclic) bond motifs is 1. The molecule has 0 aromatic heterocycles. The van der Waals surface area contributed by atoms with E-state index in [0.29, 0.717) is 23.7 Å². The molecule has 4 heteroatoms. The van der Waals surface area contributed by atoms with Crippen molar-refractivity contribution in [3.05, 3.63) is 28.8 Å². The quantitative estimate of drug-likeness (QED) is 0.578. The van der Waals surface area contributed by atoms with Gasteiger partial charge in [-0.15, -0.1) is 12.3 Å². The number of ketones is 1. The number of carbonyl (C=O) groups is 2. The number of benzene rings is 1. The molecule has 3 nitrogen and oxygen atoms in total. The third-order valence-corrected chi connectivity index (χ3v) is 2.74. The molecular formula is C12H8ClNO2. The van der Waals surface area contributed by atoms with Crippen LogP contribution in [0, 0.1) is 12.3 Å². The first-order valence-electron chi connectivity index (χ1n) is 4.75. The van der Waals surface area contributed by atoms with Gasteiger partial charge in [0.05, 0.1) is 16.3 Å². The second-order valence-corrected chi connectivity index (χ2v) is 3.78. The maximum atomic E-state index is 11.7. The summed E-state index contributed by atoms with van der Waals surface area (Å²) in [6, 6.07) is 4.99. The van der Waals surface area contributed by atoms with Crippen LogP contribution in [0.25, 0.3) is 0 Å². The number of rotatable bonds is 2. The summed E-state index contributed by atoms with van der Waals surface area (Å²) in [5.74, 6) is 1.32. The van der Waals surface area contributed by atoms with Gasteiger partial charge in [-0.05, 0) is 12.1 Å². The van der Waals surface area contributed by atoms with Crippen molar-refractivity contribution in [2.75, 3.05) is 11.4 Å². The molecule has 1 aromatic carbocycles. The Labute approximate surface area is 98.0 Å². The van der Waals surface area contributed by atoms with Crippen molar-refractivity contribution in [3.8, 4) is 12.3 Å². The minimum Gasteiger partial charge on any atom is -0.304 e. The second kappa shape index (κ2) is 3.99. The lowest BCUT2D eigenvalue weighted by molar-refractivity contribution is -0.114. The SMILES string of the molecule is C#CCCN1C(=O)C(=O)c2c(Cl)cccc21. The Bertz CT molecular complexity index is 516. The van der Waals surface area contributed by atoms with Gasteiger partial charge in [0.15, 0.2) is 0 Å². The maximum Gasteiger partial charge on any atom is 0.299 e. The number of nitrogens with zero attached hydrogens (tertiary/aromatic N) is 1. The van der Waals surface area contributed by atoms with Crippen LogP contribution in [-0.4, -0.2) is 18.2 Å². The standard InChI is InChI=1S/C12H8ClNO2/c1-2-3-7-14-9-6-4-5-8(13)10(9)11(15)12(14)16/h1,4-6H,3,7H2. The summed E-state index contributed by atoms with van der Waals surface area (Å²) in [5, 5.41) is 0.305. The number of terminal acetylenes is 1. The first kappa shape index (κ1) is 10.7. The number of hydrogen-bond donors (Lipinski definition) is 0. The normalized spacial score (nSPS) is 13.9. The van der Waals surface area contributed by atoms with Crippen molar-refractivity contribution >= 4 is 29.0 Å². The minimum absolute atomic E-state index is 0.284. The fourth-order valence-corrected chi connectivity index (χ4v) is 1.96. The lowest BCUT2D eigenvalue weighted by Crippen LogP contribution is -2.30. The zero-order valence-corrected chi connectivity index (χ0v) is 9.12. The van der Waals surface area contributed by atoms with Crippen LogP contribution in [0.1, 0.15) is 16.8 Å². The molecule has 0 N–H and O–H groups in total. The van der Waals surface area contributed by atoms with Crippen molar-refractivity contribution in [1.29, 1.82) is 0 Å². The largest absolute Gasteiger partial charge is 0.304 e. The van der Waals surface area contributed by atoms with Crippen molar-refractivity contribution in [2.45, 2.75) is 6.42 Å². The highest BCUT2D eigenvalue weighted by Crippen LogP contribution is 2.33. The predicted octanol–water partition coefficient (Wildman–Crippen LogP) is 1.89. The lowest BCUT2D eigenvalue weighted by atomic mass is 10.1. The Morgan fingerprint density at radius 1 is 1.38 bits per heavy atom. The van der Waals surface area contributed by atoms with Crippen molar-refractivity contribution in [1.82, 2.24) is 0 Å². The zero-order valence-electron chi connectivity index (χ0n) is 8.37. The van der Waals surface area contributed by atoms with E-state index in [1.54, 1.807) is 18.2 Å². The topological polar surface area (TPSA) is 37.4 Å². The fourth-order valence-electron chi connectivity index (χ4n) is 1.70. The highest BCUT2D eigenvalue weighted by atomic mass is 35.5. The highest BCUT2D eigenvalue weighted by molar-refractivity contribution is 6.55. The summed E-state index contributed by atoms with van der Waals surface area (Å²) in [6.07, 6.45) is 5.55. The summed E-state index contributed by atoms with van der Waals surface area (Å²) in [5.41, 5.74) is 0.837. The van der Waals surface area contributed by atoms with Gasteiger partial charge in [-0.2, -0.15) is 0 Å². The fraction of sp³-hybridized carbons (Fsp3) is 0.167. The van der Waals surface area contributed by atoms with E-state index in [0.717, 1.165) is 0 Å². The molecule has 0 radical (unpaired) electrons. The molecular weight excluding hydrogens is 226 g/mol. The van der Waals surface area contributed by atoms with Crippen LogP contribution in [0.2, 0.25) is 5.02 Å². The van der Waals surface area contributed by atoms with Gasteiger partial charge in [-0.1, -0.05) is 17.7 Å². The van der Waals surface area contributed by atoms with Crippen LogP contribution in [0.4, 0.5) is 5.69 Å². The van der Waals surface area contributed by atoms with Crippen molar-refractivity contribution in [2.24, 2.45) is 0 Å². The van der Waals surface area contributed by atoms with Crippen LogP contribution < -0.4 is 4.90 Å². The second-order valence-electron chi connectivity index (χ2n) is 3.37. The van der Waals surface area contributed by atoms with Gasteiger partial charge in [0.1, 0.15) is 0 Å². The van der Waals surface area contributed by atoms with Crippen molar-refractivity contribution < 1.29 is 9.59 Å². The molecule has 1 aromatic rings. The molecule has 0 bridgehead atoms. The third-order valence-electron chi connectivity index (χ3n) is 2.43. The summed E-state index contributed by atoms with van der Waals surface area (Å²) >= 11 is 5.89. The molecule has 0 saturated carbocycles. The summed E-state index contributed by atoms with van der Waals surface area (Å²) in [4.78, 5) is 24.7. The molecule has 0 unspecified atom stereocenters. The molecule has 0 fully saturated rings. The predicted molar refractivity (Wildman–Crippen MR) is 61.6 cm³/mol. The van der Waals surface area contributed by atoms with Gasteiger partial charge in [0.25, 0.3) is 11.7 Å². The van der Waals surface area contributed by atoms with Gasteiger partial charge >= 0.3 is 0 Å². The van der Waals surface area contributed by atoms with Crippen molar-refractivity contribution in [3.63, 3.8) is 0 Å². The Morgan fingerprint density at radius 2 is 2.12 bits per heavy atom. The van der Waals surface area contributed by atoms with E-state index >= 15 is 0 Å². The summed E-state index contributed by atoms with van der Waals surface area (Å²) in [7, 11) is 0. The summed E-state index contributed by atoms with van der Waals surface area (Å²) in [6.45, 7) is 0.342. The van der Waals surface area contributed by atoms with E-state index in [9.17, 15) is 9.59 Å². The Balaban J connectivity index is 2.47. The van der Waals surface area contributed by atoms with Gasteiger partial charge < -0.3 is 4.90 Å². The number of halogens is 1.